The molecule has 0 saturated heterocycles. The summed E-state index contributed by atoms with van der Waals surface area (Å²) in [5, 5.41) is 3.42. The monoisotopic (exact) mass is 381 g/mol. The lowest BCUT2D eigenvalue weighted by Crippen LogP contribution is -2.26. The number of hydrogen-bond acceptors (Lipinski definition) is 3. The molecule has 3 rings (SSSR count). The number of H-pyrrole nitrogens is 1. The van der Waals surface area contributed by atoms with Gasteiger partial charge < -0.3 is 10.3 Å². The molecule has 0 saturated carbocycles. The van der Waals surface area contributed by atoms with E-state index in [4.69, 9.17) is 12.2 Å². The molecule has 0 aliphatic heterocycles. The number of carbonyl (C=O) groups excluding carboxylic acids is 1. The summed E-state index contributed by atoms with van der Waals surface area (Å²) in [6, 6.07) is 14.7. The number of rotatable bonds is 6. The number of hydrogen-bond donors (Lipinski definition) is 2. The van der Waals surface area contributed by atoms with Crippen LogP contribution in [0.1, 0.15) is 36.2 Å². The third-order valence-corrected chi connectivity index (χ3v) is 4.76. The van der Waals surface area contributed by atoms with Crippen LogP contribution in [-0.4, -0.2) is 22.0 Å². The van der Waals surface area contributed by atoms with Crippen LogP contribution in [0.25, 0.3) is 10.9 Å². The van der Waals surface area contributed by atoms with Crippen LogP contribution in [-0.2, 0) is 6.54 Å². The van der Waals surface area contributed by atoms with Crippen LogP contribution < -0.4 is 10.9 Å². The van der Waals surface area contributed by atoms with E-state index in [9.17, 15) is 9.59 Å². The Balaban J connectivity index is 1.90. The van der Waals surface area contributed by atoms with Crippen LogP contribution in [0.5, 0.6) is 0 Å². The normalized spacial score (nSPS) is 11.1. The van der Waals surface area contributed by atoms with Gasteiger partial charge in [0.05, 0.1) is 17.4 Å². The summed E-state index contributed by atoms with van der Waals surface area (Å²) in [5.74, 6) is 0.381. The van der Waals surface area contributed by atoms with E-state index in [0.717, 1.165) is 12.0 Å². The van der Waals surface area contributed by atoms with Crippen molar-refractivity contribution in [3.63, 3.8) is 0 Å². The number of fused-ring (bicyclic) bond motifs is 1. The van der Waals surface area contributed by atoms with Gasteiger partial charge in [0, 0.05) is 12.1 Å². The van der Waals surface area contributed by atoms with E-state index in [2.05, 4.69) is 24.1 Å². The molecule has 0 spiro atoms. The maximum Gasteiger partial charge on any atom is 0.262 e. The number of carbonyl (C=O) groups is 1. The highest BCUT2D eigenvalue weighted by Gasteiger charge is 2.11. The average Bonchev–Trinajstić information content (AvgIpc) is 2.65. The molecule has 1 aromatic heterocycles. The second-order valence-electron chi connectivity index (χ2n) is 7.01. The lowest BCUT2D eigenvalue weighted by molar-refractivity contribution is 0.0952. The van der Waals surface area contributed by atoms with Gasteiger partial charge in [0.25, 0.3) is 11.5 Å². The minimum atomic E-state index is -0.163. The predicted octanol–water partition coefficient (Wildman–Crippen LogP) is 3.88. The molecule has 1 amide bonds. The Morgan fingerprint density at radius 3 is 2.63 bits per heavy atom. The number of amides is 1. The molecule has 0 fully saturated rings. The van der Waals surface area contributed by atoms with Crippen molar-refractivity contribution in [2.75, 3.05) is 6.54 Å². The number of aromatic nitrogens is 2. The smallest absolute Gasteiger partial charge is 0.262 e. The molecule has 140 valence electrons. The van der Waals surface area contributed by atoms with E-state index in [1.807, 2.05) is 30.3 Å². The Hall–Kier alpha value is -2.73. The number of nitrogens with zero attached hydrogens (tertiary/aromatic N) is 1. The lowest BCUT2D eigenvalue weighted by Gasteiger charge is -2.10. The molecular formula is C21H23N3O2S. The molecule has 1 heterocycles. The van der Waals surface area contributed by atoms with Gasteiger partial charge in [-0.05, 0) is 48.3 Å². The molecule has 6 heteroatoms. The molecule has 2 aromatic carbocycles. The summed E-state index contributed by atoms with van der Waals surface area (Å²) in [5.41, 5.74) is 1.92. The highest BCUT2D eigenvalue weighted by atomic mass is 32.1. The lowest BCUT2D eigenvalue weighted by atomic mass is 10.1. The summed E-state index contributed by atoms with van der Waals surface area (Å²) >= 11 is 5.38. The van der Waals surface area contributed by atoms with Gasteiger partial charge in [0.15, 0.2) is 4.77 Å². The van der Waals surface area contributed by atoms with Gasteiger partial charge in [0.2, 0.25) is 0 Å². The molecule has 0 aliphatic carbocycles. The summed E-state index contributed by atoms with van der Waals surface area (Å²) in [6.45, 7) is 5.26. The van der Waals surface area contributed by atoms with Crippen LogP contribution in [0.4, 0.5) is 0 Å². The van der Waals surface area contributed by atoms with Crippen molar-refractivity contribution in [2.24, 2.45) is 5.92 Å². The Morgan fingerprint density at radius 1 is 1.19 bits per heavy atom. The molecule has 0 aliphatic rings. The maximum absolute atomic E-state index is 12.9. The third kappa shape index (κ3) is 4.52. The highest BCUT2D eigenvalue weighted by molar-refractivity contribution is 7.71. The van der Waals surface area contributed by atoms with Gasteiger partial charge in [-0.3, -0.25) is 14.2 Å². The number of aromatic amines is 1. The van der Waals surface area contributed by atoms with Gasteiger partial charge in [-0.1, -0.05) is 44.2 Å². The highest BCUT2D eigenvalue weighted by Crippen LogP contribution is 2.12. The maximum atomic E-state index is 12.9. The van der Waals surface area contributed by atoms with Gasteiger partial charge in [-0.2, -0.15) is 0 Å². The van der Waals surface area contributed by atoms with Gasteiger partial charge in [0.1, 0.15) is 0 Å². The van der Waals surface area contributed by atoms with Gasteiger partial charge in [-0.15, -0.1) is 0 Å². The van der Waals surface area contributed by atoms with Crippen molar-refractivity contribution in [2.45, 2.75) is 26.8 Å². The first-order chi connectivity index (χ1) is 13.0. The van der Waals surface area contributed by atoms with Crippen LogP contribution in [0.2, 0.25) is 0 Å². The third-order valence-electron chi connectivity index (χ3n) is 4.43. The molecule has 0 bridgehead atoms. The van der Waals surface area contributed by atoms with Crippen molar-refractivity contribution in [1.82, 2.24) is 14.9 Å². The topological polar surface area (TPSA) is 66.9 Å². The van der Waals surface area contributed by atoms with Crippen molar-refractivity contribution in [3.8, 4) is 0 Å². The van der Waals surface area contributed by atoms with Crippen molar-refractivity contribution in [3.05, 3.63) is 74.8 Å². The summed E-state index contributed by atoms with van der Waals surface area (Å²) in [4.78, 5) is 28.3. The van der Waals surface area contributed by atoms with Crippen LogP contribution in [0.15, 0.2) is 53.3 Å². The van der Waals surface area contributed by atoms with E-state index in [0.29, 0.717) is 40.2 Å². The van der Waals surface area contributed by atoms with E-state index in [1.165, 1.54) is 4.57 Å². The zero-order chi connectivity index (χ0) is 19.4. The Labute approximate surface area is 163 Å². The molecule has 5 nitrogen and oxygen atoms in total. The molecule has 27 heavy (non-hydrogen) atoms. The average molecular weight is 382 g/mol. The van der Waals surface area contributed by atoms with Crippen molar-refractivity contribution in [1.29, 1.82) is 0 Å². The summed E-state index contributed by atoms with van der Waals surface area (Å²) in [6.07, 6.45) is 0.923. The first-order valence-electron chi connectivity index (χ1n) is 9.04. The zero-order valence-corrected chi connectivity index (χ0v) is 16.3. The molecular weight excluding hydrogens is 358 g/mol. The standard InChI is InChI=1S/C21H23N3O2S/c1-14(2)10-11-22-19(25)16-8-9-17-18(12-16)23-21(27)24(20(17)26)13-15-6-4-3-5-7-15/h3-9,12,14H,10-11,13H2,1-2H3,(H,22,25)(H,23,27). The van der Waals surface area contributed by atoms with Crippen LogP contribution in [0.3, 0.4) is 0 Å². The number of benzene rings is 2. The van der Waals surface area contributed by atoms with Gasteiger partial charge >= 0.3 is 0 Å². The minimum absolute atomic E-state index is 0.148. The Morgan fingerprint density at radius 2 is 1.93 bits per heavy atom. The quantitative estimate of drug-likeness (QED) is 0.637. The second kappa shape index (κ2) is 8.31. The largest absolute Gasteiger partial charge is 0.352 e. The Bertz CT molecular complexity index is 1070. The zero-order valence-electron chi connectivity index (χ0n) is 15.5. The predicted molar refractivity (Wildman–Crippen MR) is 111 cm³/mol. The first-order valence-corrected chi connectivity index (χ1v) is 9.45. The molecule has 0 atom stereocenters. The minimum Gasteiger partial charge on any atom is -0.352 e. The molecule has 3 aromatic rings. The van der Waals surface area contributed by atoms with E-state index in [1.54, 1.807) is 18.2 Å². The van der Waals surface area contributed by atoms with E-state index in [-0.39, 0.29) is 11.5 Å². The van der Waals surface area contributed by atoms with Crippen LogP contribution in [0, 0.1) is 10.7 Å². The fraction of sp³-hybridized carbons (Fsp3) is 0.286. The van der Waals surface area contributed by atoms with Gasteiger partial charge in [-0.25, -0.2) is 0 Å². The molecule has 0 unspecified atom stereocenters. The van der Waals surface area contributed by atoms with Crippen molar-refractivity contribution < 1.29 is 4.79 Å². The first kappa shape index (κ1) is 19.0. The fourth-order valence-corrected chi connectivity index (χ4v) is 3.14. The molecule has 0 radical (unpaired) electrons. The van der Waals surface area contributed by atoms with E-state index < -0.39 is 0 Å². The van der Waals surface area contributed by atoms with Crippen molar-refractivity contribution >= 4 is 29.0 Å². The SMILES string of the molecule is CC(C)CCNC(=O)c1ccc2c(=O)n(Cc3ccccc3)c(=S)[nH]c2c1. The summed E-state index contributed by atoms with van der Waals surface area (Å²) in [7, 11) is 0. The van der Waals surface area contributed by atoms with Crippen LogP contribution >= 0.6 is 12.2 Å². The summed E-state index contributed by atoms with van der Waals surface area (Å²) < 4.78 is 1.88. The second-order valence-corrected chi connectivity index (χ2v) is 7.39. The Kier molecular flexibility index (Phi) is 5.86. The fourth-order valence-electron chi connectivity index (χ4n) is 2.88. The molecule has 2 N–H and O–H groups in total. The number of nitrogens with one attached hydrogen (secondary N) is 2. The van der Waals surface area contributed by atoms with E-state index >= 15 is 0 Å².